The highest BCUT2D eigenvalue weighted by Crippen LogP contribution is 2.37. The van der Waals surface area contributed by atoms with E-state index in [4.69, 9.17) is 9.47 Å². The monoisotopic (exact) mass is 904 g/mol. The van der Waals surface area contributed by atoms with Crippen molar-refractivity contribution in [2.24, 2.45) is 0 Å². The fourth-order valence-electron chi connectivity index (χ4n) is 6.01. The summed E-state index contributed by atoms with van der Waals surface area (Å²) < 4.78 is 12.1. The predicted molar refractivity (Wildman–Crippen MR) is 246 cm³/mol. The fraction of sp³-hybridized carbons (Fsp3) is 0.250. The van der Waals surface area contributed by atoms with E-state index < -0.39 is 0 Å². The van der Waals surface area contributed by atoms with Gasteiger partial charge in [-0.1, -0.05) is 112 Å². The van der Waals surface area contributed by atoms with Crippen molar-refractivity contribution < 1.29 is 19.7 Å². The van der Waals surface area contributed by atoms with Crippen molar-refractivity contribution in [3.8, 4) is 23.0 Å². The Balaban J connectivity index is 0.000000148. The number of nitrogens with zero attached hydrogens (tertiary/aromatic N) is 4. The van der Waals surface area contributed by atoms with Gasteiger partial charge in [0.25, 0.3) is 0 Å². The molecule has 0 bridgehead atoms. The lowest BCUT2D eigenvalue weighted by Crippen LogP contribution is -1.94. The number of pyridine rings is 4. The van der Waals surface area contributed by atoms with Crippen LogP contribution in [0.5, 0.6) is 23.0 Å². The number of halogens is 2. The maximum atomic E-state index is 9.96. The van der Waals surface area contributed by atoms with E-state index in [2.05, 4.69) is 118 Å². The lowest BCUT2D eigenvalue weighted by Gasteiger charge is -2.09. The summed E-state index contributed by atoms with van der Waals surface area (Å²) >= 11 is 6.77. The number of rotatable bonds is 5. The number of fused-ring (bicyclic) bond motifs is 4. The Morgan fingerprint density at radius 1 is 0.483 bits per heavy atom. The molecule has 0 saturated heterocycles. The van der Waals surface area contributed by atoms with E-state index in [1.165, 1.54) is 0 Å². The molecule has 0 atom stereocenters. The van der Waals surface area contributed by atoms with Crippen LogP contribution in [-0.2, 0) is 0 Å². The highest BCUT2D eigenvalue weighted by atomic mass is 79.9. The van der Waals surface area contributed by atoms with Gasteiger partial charge in [-0.05, 0) is 95.2 Å². The first-order valence-electron chi connectivity index (χ1n) is 19.1. The van der Waals surface area contributed by atoms with E-state index in [1.54, 1.807) is 20.3 Å². The van der Waals surface area contributed by atoms with Crippen LogP contribution in [0.4, 0.5) is 0 Å². The summed E-state index contributed by atoms with van der Waals surface area (Å²) in [6, 6.07) is 35.4. The van der Waals surface area contributed by atoms with Crippen LogP contribution >= 0.6 is 31.9 Å². The standard InChI is InChI=1S/C13H15NO.C12H11Br2NO.C12H13NO.C11H11NO/c1-9(2)11-8-7-10-5-4-6-12(15-3)13(10)14-11;1-6(2)10-4-3-7-8(13)5-9(14)12(16)11(7)15-10;1-8(2)10-7-6-9-4-3-5-11(14)12(9)13-10;1-8-6-7-9-4-3-5-10(13-2)11(9)12-8/h4-9H,1-3H3;3-6,16H,1-2H3;3-8,14H,1-2H3;3-7H,1-2H3. The van der Waals surface area contributed by atoms with Crippen molar-refractivity contribution in [2.45, 2.75) is 66.2 Å². The third-order valence-electron chi connectivity index (χ3n) is 9.34. The number of phenolic OH excluding ortho intramolecular Hbond substituents is 2. The molecule has 8 rings (SSSR count). The first-order chi connectivity index (χ1) is 27.7. The molecular weight excluding hydrogens is 856 g/mol. The maximum absolute atomic E-state index is 9.96. The van der Waals surface area contributed by atoms with E-state index >= 15 is 0 Å². The first kappa shape index (κ1) is 43.8. The predicted octanol–water partition coefficient (Wildman–Crippen LogP) is 13.6. The first-order valence-corrected chi connectivity index (χ1v) is 20.7. The molecule has 0 amide bonds. The van der Waals surface area contributed by atoms with E-state index in [0.717, 1.165) is 71.3 Å². The third-order valence-corrected chi connectivity index (χ3v) is 10.6. The number of para-hydroxylation sites is 3. The quantitative estimate of drug-likeness (QED) is 0.176. The Kier molecular flexibility index (Phi) is 15.0. The highest BCUT2D eigenvalue weighted by molar-refractivity contribution is 9.11. The molecule has 4 aromatic carbocycles. The van der Waals surface area contributed by atoms with Crippen LogP contribution in [0.25, 0.3) is 43.6 Å². The molecule has 10 heteroatoms. The Morgan fingerprint density at radius 3 is 1.43 bits per heavy atom. The van der Waals surface area contributed by atoms with Gasteiger partial charge in [-0.15, -0.1) is 0 Å². The van der Waals surface area contributed by atoms with Gasteiger partial charge in [0, 0.05) is 48.8 Å². The van der Waals surface area contributed by atoms with Gasteiger partial charge < -0.3 is 19.7 Å². The van der Waals surface area contributed by atoms with Gasteiger partial charge in [0.15, 0.2) is 5.75 Å². The zero-order chi connectivity index (χ0) is 42.1. The molecular formula is C48H50Br2N4O4. The number of benzene rings is 4. The van der Waals surface area contributed by atoms with Gasteiger partial charge in [0.2, 0.25) is 0 Å². The molecule has 4 aromatic heterocycles. The van der Waals surface area contributed by atoms with Crippen molar-refractivity contribution in [1.29, 1.82) is 0 Å². The molecule has 0 unspecified atom stereocenters. The molecule has 0 radical (unpaired) electrons. The summed E-state index contributed by atoms with van der Waals surface area (Å²) in [7, 11) is 3.34. The molecule has 4 heterocycles. The van der Waals surface area contributed by atoms with Gasteiger partial charge in [-0.3, -0.25) is 0 Å². The average Bonchev–Trinajstić information content (AvgIpc) is 3.22. The number of aryl methyl sites for hydroxylation is 1. The summed E-state index contributed by atoms with van der Waals surface area (Å²) in [5.74, 6) is 3.31. The second-order valence-corrected chi connectivity index (χ2v) is 16.3. The van der Waals surface area contributed by atoms with E-state index in [1.807, 2.05) is 85.8 Å². The highest BCUT2D eigenvalue weighted by Gasteiger charge is 2.12. The normalized spacial score (nSPS) is 10.9. The minimum absolute atomic E-state index is 0.195. The van der Waals surface area contributed by atoms with Crippen LogP contribution in [-0.4, -0.2) is 44.4 Å². The number of methoxy groups -OCH3 is 2. The maximum Gasteiger partial charge on any atom is 0.156 e. The molecule has 0 fully saturated rings. The van der Waals surface area contributed by atoms with Crippen LogP contribution in [0.2, 0.25) is 0 Å². The van der Waals surface area contributed by atoms with E-state index in [-0.39, 0.29) is 11.5 Å². The summed E-state index contributed by atoms with van der Waals surface area (Å²) in [6.07, 6.45) is 0. The number of aromatic hydroxyl groups is 2. The minimum Gasteiger partial charge on any atom is -0.506 e. The molecule has 0 aliphatic rings. The second-order valence-electron chi connectivity index (χ2n) is 14.6. The minimum atomic E-state index is 0.195. The van der Waals surface area contributed by atoms with Gasteiger partial charge in [-0.2, -0.15) is 0 Å². The van der Waals surface area contributed by atoms with Gasteiger partial charge in [0.05, 0.1) is 18.7 Å². The summed E-state index contributed by atoms with van der Waals surface area (Å²) in [5, 5.41) is 23.7. The average molecular weight is 907 g/mol. The van der Waals surface area contributed by atoms with E-state index in [9.17, 15) is 10.2 Å². The Hall–Kier alpha value is -5.32. The number of aromatic nitrogens is 4. The number of phenols is 2. The molecule has 300 valence electrons. The van der Waals surface area contributed by atoms with Crippen LogP contribution < -0.4 is 9.47 Å². The number of hydrogen-bond donors (Lipinski definition) is 2. The van der Waals surface area contributed by atoms with Crippen LogP contribution in [0.15, 0.2) is 118 Å². The fourth-order valence-corrected chi connectivity index (χ4v) is 7.28. The lowest BCUT2D eigenvalue weighted by molar-refractivity contribution is 0.418. The Labute approximate surface area is 357 Å². The Morgan fingerprint density at radius 2 is 0.914 bits per heavy atom. The molecule has 2 N–H and O–H groups in total. The summed E-state index contributed by atoms with van der Waals surface area (Å²) in [5.41, 5.74) is 7.32. The van der Waals surface area contributed by atoms with Crippen molar-refractivity contribution >= 4 is 75.5 Å². The van der Waals surface area contributed by atoms with Crippen LogP contribution in [0, 0.1) is 6.92 Å². The molecule has 0 aliphatic heterocycles. The molecule has 58 heavy (non-hydrogen) atoms. The van der Waals surface area contributed by atoms with Crippen molar-refractivity contribution in [3.63, 3.8) is 0 Å². The van der Waals surface area contributed by atoms with E-state index in [0.29, 0.717) is 33.3 Å². The SMILES string of the molecule is CC(C)c1ccc2c(Br)cc(Br)c(O)c2n1.CC(C)c1ccc2cccc(O)c2n1.COc1cccc2ccc(C(C)C)nc12.COc1cccc2ccc(C)nc12. The van der Waals surface area contributed by atoms with Crippen LogP contribution in [0.1, 0.15) is 82.1 Å². The molecule has 8 aromatic rings. The molecule has 0 aliphatic carbocycles. The third kappa shape index (κ3) is 10.6. The molecule has 8 nitrogen and oxygen atoms in total. The number of ether oxygens (including phenoxy) is 2. The van der Waals surface area contributed by atoms with Gasteiger partial charge in [-0.25, -0.2) is 19.9 Å². The Bertz CT molecular complexity index is 2670. The second kappa shape index (κ2) is 19.9. The van der Waals surface area contributed by atoms with Crippen LogP contribution in [0.3, 0.4) is 0 Å². The number of hydrogen-bond acceptors (Lipinski definition) is 8. The van der Waals surface area contributed by atoms with Gasteiger partial charge >= 0.3 is 0 Å². The smallest absolute Gasteiger partial charge is 0.156 e. The van der Waals surface area contributed by atoms with Crippen molar-refractivity contribution in [1.82, 2.24) is 19.9 Å². The largest absolute Gasteiger partial charge is 0.506 e. The topological polar surface area (TPSA) is 110 Å². The van der Waals surface area contributed by atoms with Crippen molar-refractivity contribution in [3.05, 3.63) is 141 Å². The zero-order valence-electron chi connectivity index (χ0n) is 34.4. The van der Waals surface area contributed by atoms with Crippen molar-refractivity contribution in [2.75, 3.05) is 14.2 Å². The zero-order valence-corrected chi connectivity index (χ0v) is 37.6. The molecule has 0 saturated carbocycles. The summed E-state index contributed by atoms with van der Waals surface area (Å²) in [6.45, 7) is 14.6. The lowest BCUT2D eigenvalue weighted by atomic mass is 10.1. The molecule has 0 spiro atoms. The summed E-state index contributed by atoms with van der Waals surface area (Å²) in [4.78, 5) is 18.0. The van der Waals surface area contributed by atoms with Gasteiger partial charge in [0.1, 0.15) is 39.3 Å².